The van der Waals surface area contributed by atoms with Gasteiger partial charge in [-0.05, 0) is 24.4 Å². The van der Waals surface area contributed by atoms with Gasteiger partial charge in [0.15, 0.2) is 11.5 Å². The number of hydrogen-bond acceptors (Lipinski definition) is 5. The summed E-state index contributed by atoms with van der Waals surface area (Å²) in [5.74, 6) is 0.253. The fourth-order valence-corrected chi connectivity index (χ4v) is 4.01. The first kappa shape index (κ1) is 22.2. The highest BCUT2D eigenvalue weighted by molar-refractivity contribution is 6.19. The number of rotatable bonds is 5. The SMILES string of the molecule is CCOc1ccc2ccccc2c1OC(=O)NC1N=C(c2ccccc2)c2ccccc2NC1=O. The Bertz CT molecular complexity index is 1430. The van der Waals surface area contributed by atoms with Gasteiger partial charge >= 0.3 is 6.09 Å². The van der Waals surface area contributed by atoms with Gasteiger partial charge in [0.2, 0.25) is 6.17 Å². The molecule has 2 amide bonds. The molecule has 1 unspecified atom stereocenters. The van der Waals surface area contributed by atoms with Crippen molar-refractivity contribution < 1.29 is 19.1 Å². The third-order valence-electron chi connectivity index (χ3n) is 5.59. The molecule has 0 fully saturated rings. The van der Waals surface area contributed by atoms with Gasteiger partial charge in [-0.3, -0.25) is 10.1 Å². The van der Waals surface area contributed by atoms with Crippen molar-refractivity contribution in [1.82, 2.24) is 5.32 Å². The second-order valence-electron chi connectivity index (χ2n) is 7.86. The summed E-state index contributed by atoms with van der Waals surface area (Å²) in [6, 6.07) is 28.1. The molecule has 5 rings (SSSR count). The van der Waals surface area contributed by atoms with E-state index in [1.54, 1.807) is 12.1 Å². The summed E-state index contributed by atoms with van der Waals surface area (Å²) in [6.45, 7) is 2.26. The molecule has 0 aromatic heterocycles. The Morgan fingerprint density at radius 1 is 0.943 bits per heavy atom. The number of aliphatic imine (C=N–C) groups is 1. The predicted octanol–water partition coefficient (Wildman–Crippen LogP) is 5.14. The second kappa shape index (κ2) is 9.69. The fourth-order valence-electron chi connectivity index (χ4n) is 4.01. The van der Waals surface area contributed by atoms with Gasteiger partial charge in [-0.25, -0.2) is 9.79 Å². The van der Waals surface area contributed by atoms with E-state index in [0.29, 0.717) is 23.8 Å². The van der Waals surface area contributed by atoms with Crippen LogP contribution in [0, 0.1) is 0 Å². The summed E-state index contributed by atoms with van der Waals surface area (Å²) in [5, 5.41) is 7.08. The molecule has 2 N–H and O–H groups in total. The number of para-hydroxylation sites is 1. The lowest BCUT2D eigenvalue weighted by atomic mass is 10.0. The summed E-state index contributed by atoms with van der Waals surface area (Å²) >= 11 is 0. The number of carbonyl (C=O) groups is 2. The minimum atomic E-state index is -1.20. The van der Waals surface area contributed by atoms with Crippen LogP contribution in [-0.4, -0.2) is 30.5 Å². The van der Waals surface area contributed by atoms with Crippen molar-refractivity contribution in [2.75, 3.05) is 11.9 Å². The topological polar surface area (TPSA) is 89.0 Å². The van der Waals surface area contributed by atoms with E-state index in [9.17, 15) is 9.59 Å². The maximum Gasteiger partial charge on any atom is 0.414 e. The molecule has 0 bridgehead atoms. The Labute approximate surface area is 202 Å². The van der Waals surface area contributed by atoms with Gasteiger partial charge < -0.3 is 14.8 Å². The minimum absolute atomic E-state index is 0.284. The first-order chi connectivity index (χ1) is 17.1. The maximum absolute atomic E-state index is 13.0. The van der Waals surface area contributed by atoms with Crippen LogP contribution >= 0.6 is 0 Å². The molecule has 0 spiro atoms. The van der Waals surface area contributed by atoms with E-state index in [0.717, 1.165) is 21.9 Å². The highest BCUT2D eigenvalue weighted by atomic mass is 16.6. The lowest BCUT2D eigenvalue weighted by Crippen LogP contribution is -2.43. The van der Waals surface area contributed by atoms with E-state index in [1.807, 2.05) is 85.8 Å². The van der Waals surface area contributed by atoms with Crippen molar-refractivity contribution in [3.05, 3.63) is 102 Å². The van der Waals surface area contributed by atoms with Gasteiger partial charge in [0, 0.05) is 16.5 Å². The van der Waals surface area contributed by atoms with E-state index >= 15 is 0 Å². The molecule has 0 saturated heterocycles. The van der Waals surface area contributed by atoms with Crippen LogP contribution in [0.3, 0.4) is 0 Å². The number of nitrogens with one attached hydrogen (secondary N) is 2. The summed E-state index contributed by atoms with van der Waals surface area (Å²) in [5.41, 5.74) is 2.79. The predicted molar refractivity (Wildman–Crippen MR) is 135 cm³/mol. The van der Waals surface area contributed by atoms with Crippen molar-refractivity contribution in [2.24, 2.45) is 4.99 Å². The lowest BCUT2D eigenvalue weighted by molar-refractivity contribution is -0.117. The van der Waals surface area contributed by atoms with Crippen LogP contribution in [0.5, 0.6) is 11.5 Å². The quantitative estimate of drug-likeness (QED) is 0.427. The second-order valence-corrected chi connectivity index (χ2v) is 7.86. The van der Waals surface area contributed by atoms with E-state index in [4.69, 9.17) is 9.47 Å². The number of amides is 2. The molecule has 7 heteroatoms. The third kappa shape index (κ3) is 4.56. The van der Waals surface area contributed by atoms with Crippen molar-refractivity contribution in [1.29, 1.82) is 0 Å². The number of benzene rings is 4. The average Bonchev–Trinajstić information content (AvgIpc) is 3.02. The van der Waals surface area contributed by atoms with Gasteiger partial charge in [0.1, 0.15) is 0 Å². The first-order valence-corrected chi connectivity index (χ1v) is 11.3. The summed E-state index contributed by atoms with van der Waals surface area (Å²) in [4.78, 5) is 30.7. The van der Waals surface area contributed by atoms with Gasteiger partial charge in [-0.15, -0.1) is 0 Å². The molecule has 1 heterocycles. The summed E-state index contributed by atoms with van der Waals surface area (Å²) in [7, 11) is 0. The van der Waals surface area contributed by atoms with Crippen LogP contribution in [-0.2, 0) is 4.79 Å². The normalized spacial score (nSPS) is 14.8. The first-order valence-electron chi connectivity index (χ1n) is 11.3. The van der Waals surface area contributed by atoms with E-state index in [-0.39, 0.29) is 5.75 Å². The van der Waals surface area contributed by atoms with Crippen LogP contribution < -0.4 is 20.1 Å². The molecule has 4 aromatic carbocycles. The Balaban J connectivity index is 1.48. The zero-order chi connectivity index (χ0) is 24.2. The largest absolute Gasteiger partial charge is 0.490 e. The third-order valence-corrected chi connectivity index (χ3v) is 5.59. The minimum Gasteiger partial charge on any atom is -0.490 e. The number of ether oxygens (including phenoxy) is 2. The molecule has 0 saturated carbocycles. The molecule has 174 valence electrons. The van der Waals surface area contributed by atoms with Gasteiger partial charge in [0.05, 0.1) is 18.0 Å². The van der Waals surface area contributed by atoms with Crippen molar-refractivity contribution in [3.63, 3.8) is 0 Å². The number of fused-ring (bicyclic) bond motifs is 2. The molecule has 1 aliphatic rings. The number of anilines is 1. The molecular weight excluding hydrogens is 442 g/mol. The smallest absolute Gasteiger partial charge is 0.414 e. The van der Waals surface area contributed by atoms with Crippen LogP contribution in [0.15, 0.2) is 96.0 Å². The zero-order valence-corrected chi connectivity index (χ0v) is 19.0. The monoisotopic (exact) mass is 465 g/mol. The fraction of sp³-hybridized carbons (Fsp3) is 0.107. The standard InChI is InChI=1S/C28H23N3O4/c1-2-34-23-17-16-18-10-6-7-13-20(18)25(23)35-28(33)31-26-27(32)29-22-15-9-8-14-21(22)24(30-26)19-11-4-3-5-12-19/h3-17,26H,2H2,1H3,(H,29,32)(H,31,33). The number of benzodiazepines with no additional fused rings is 1. The average molecular weight is 466 g/mol. The molecule has 0 radical (unpaired) electrons. The van der Waals surface area contributed by atoms with Crippen molar-refractivity contribution in [2.45, 2.75) is 13.1 Å². The Morgan fingerprint density at radius 2 is 1.69 bits per heavy atom. The molecule has 1 atom stereocenters. The summed E-state index contributed by atoms with van der Waals surface area (Å²) < 4.78 is 11.4. The molecule has 7 nitrogen and oxygen atoms in total. The Kier molecular flexibility index (Phi) is 6.13. The van der Waals surface area contributed by atoms with Crippen molar-refractivity contribution in [3.8, 4) is 11.5 Å². The van der Waals surface area contributed by atoms with E-state index in [2.05, 4.69) is 15.6 Å². The van der Waals surface area contributed by atoms with E-state index in [1.165, 1.54) is 0 Å². The Hall–Kier alpha value is -4.65. The highest BCUT2D eigenvalue weighted by Crippen LogP contribution is 2.36. The number of carbonyl (C=O) groups excluding carboxylic acids is 2. The highest BCUT2D eigenvalue weighted by Gasteiger charge is 2.28. The zero-order valence-electron chi connectivity index (χ0n) is 19.0. The van der Waals surface area contributed by atoms with Crippen molar-refractivity contribution >= 4 is 34.2 Å². The molecule has 4 aromatic rings. The van der Waals surface area contributed by atoms with Crippen LogP contribution in [0.2, 0.25) is 0 Å². The summed E-state index contributed by atoms with van der Waals surface area (Å²) in [6.07, 6.45) is -2.01. The molecular formula is C28H23N3O4. The number of hydrogen-bond donors (Lipinski definition) is 2. The number of nitrogens with zero attached hydrogens (tertiary/aromatic N) is 1. The molecule has 1 aliphatic heterocycles. The maximum atomic E-state index is 13.0. The Morgan fingerprint density at radius 3 is 2.51 bits per heavy atom. The van der Waals surface area contributed by atoms with Crippen LogP contribution in [0.1, 0.15) is 18.1 Å². The van der Waals surface area contributed by atoms with Crippen LogP contribution in [0.4, 0.5) is 10.5 Å². The lowest BCUT2D eigenvalue weighted by Gasteiger charge is -2.16. The van der Waals surface area contributed by atoms with Crippen LogP contribution in [0.25, 0.3) is 10.8 Å². The molecule has 35 heavy (non-hydrogen) atoms. The van der Waals surface area contributed by atoms with Gasteiger partial charge in [-0.1, -0.05) is 78.9 Å². The van der Waals surface area contributed by atoms with Gasteiger partial charge in [-0.2, -0.15) is 0 Å². The molecule has 0 aliphatic carbocycles. The van der Waals surface area contributed by atoms with Gasteiger partial charge in [0.25, 0.3) is 5.91 Å². The van der Waals surface area contributed by atoms with E-state index < -0.39 is 18.2 Å².